The Morgan fingerprint density at radius 3 is 2.90 bits per heavy atom. The number of hydrogen-bond donors (Lipinski definition) is 1. The second kappa shape index (κ2) is 5.33. The lowest BCUT2D eigenvalue weighted by atomic mass is 10.1. The van der Waals surface area contributed by atoms with E-state index in [-0.39, 0.29) is 5.56 Å². The maximum absolute atomic E-state index is 11.8. The van der Waals surface area contributed by atoms with Crippen molar-refractivity contribution in [3.05, 3.63) is 63.9 Å². The van der Waals surface area contributed by atoms with Crippen molar-refractivity contribution in [3.63, 3.8) is 0 Å². The van der Waals surface area contributed by atoms with Crippen molar-refractivity contribution in [2.45, 2.75) is 26.2 Å². The lowest BCUT2D eigenvalue weighted by molar-refractivity contribution is 0.527. The standard InChI is InChI=1S/C16H16N2O2/c1-2-11-9-12(16(19)17-10-11)7-8-15-18-13-5-3-4-6-14(13)20-15/h3-6,9-10H,2,7-8H2,1H3,(H,17,19). The summed E-state index contributed by atoms with van der Waals surface area (Å²) in [6.45, 7) is 2.07. The lowest BCUT2D eigenvalue weighted by Gasteiger charge is -2.01. The summed E-state index contributed by atoms with van der Waals surface area (Å²) >= 11 is 0. The highest BCUT2D eigenvalue weighted by Gasteiger charge is 2.07. The minimum Gasteiger partial charge on any atom is -0.441 e. The molecule has 2 heterocycles. The lowest BCUT2D eigenvalue weighted by Crippen LogP contribution is -2.13. The predicted octanol–water partition coefficient (Wildman–Crippen LogP) is 2.86. The summed E-state index contributed by atoms with van der Waals surface area (Å²) < 4.78 is 5.66. The molecule has 0 aliphatic heterocycles. The highest BCUT2D eigenvalue weighted by Crippen LogP contribution is 2.15. The molecular weight excluding hydrogens is 252 g/mol. The third-order valence-electron chi connectivity index (χ3n) is 3.39. The molecule has 0 unspecified atom stereocenters. The Balaban J connectivity index is 1.80. The summed E-state index contributed by atoms with van der Waals surface area (Å²) in [6.07, 6.45) is 3.94. The molecule has 1 N–H and O–H groups in total. The normalized spacial score (nSPS) is 11.1. The van der Waals surface area contributed by atoms with Gasteiger partial charge in [-0.2, -0.15) is 0 Å². The van der Waals surface area contributed by atoms with Crippen LogP contribution in [0.2, 0.25) is 0 Å². The molecule has 0 aliphatic carbocycles. The van der Waals surface area contributed by atoms with Gasteiger partial charge >= 0.3 is 0 Å². The predicted molar refractivity (Wildman–Crippen MR) is 77.9 cm³/mol. The molecule has 0 aliphatic rings. The van der Waals surface area contributed by atoms with Gasteiger partial charge in [-0.1, -0.05) is 19.1 Å². The molecule has 3 rings (SSSR count). The van der Waals surface area contributed by atoms with Crippen molar-refractivity contribution in [3.8, 4) is 0 Å². The van der Waals surface area contributed by atoms with Crippen LogP contribution in [0.4, 0.5) is 0 Å². The second-order valence-corrected chi connectivity index (χ2v) is 4.79. The zero-order chi connectivity index (χ0) is 13.9. The molecule has 4 nitrogen and oxygen atoms in total. The van der Waals surface area contributed by atoms with Crippen LogP contribution in [0.3, 0.4) is 0 Å². The number of H-pyrrole nitrogens is 1. The molecule has 20 heavy (non-hydrogen) atoms. The van der Waals surface area contributed by atoms with Gasteiger partial charge in [0.05, 0.1) is 0 Å². The van der Waals surface area contributed by atoms with E-state index in [0.717, 1.165) is 28.6 Å². The number of pyridine rings is 1. The van der Waals surface area contributed by atoms with E-state index in [1.165, 1.54) is 0 Å². The van der Waals surface area contributed by atoms with Gasteiger partial charge in [0.15, 0.2) is 11.5 Å². The van der Waals surface area contributed by atoms with Crippen LogP contribution in [-0.4, -0.2) is 9.97 Å². The van der Waals surface area contributed by atoms with Gasteiger partial charge in [-0.05, 0) is 36.6 Å². The minimum absolute atomic E-state index is 0.0293. The molecule has 102 valence electrons. The molecule has 0 saturated heterocycles. The van der Waals surface area contributed by atoms with Crippen molar-refractivity contribution >= 4 is 11.1 Å². The van der Waals surface area contributed by atoms with E-state index in [9.17, 15) is 4.79 Å². The summed E-state index contributed by atoms with van der Waals surface area (Å²) in [5, 5.41) is 0. The van der Waals surface area contributed by atoms with Gasteiger partial charge in [-0.15, -0.1) is 0 Å². The average molecular weight is 268 g/mol. The van der Waals surface area contributed by atoms with E-state index >= 15 is 0 Å². The minimum atomic E-state index is -0.0293. The number of benzene rings is 1. The summed E-state index contributed by atoms with van der Waals surface area (Å²) in [7, 11) is 0. The number of oxazole rings is 1. The smallest absolute Gasteiger partial charge is 0.251 e. The van der Waals surface area contributed by atoms with Crippen molar-refractivity contribution in [1.29, 1.82) is 0 Å². The number of hydrogen-bond acceptors (Lipinski definition) is 3. The van der Waals surface area contributed by atoms with Gasteiger partial charge in [0.1, 0.15) is 5.52 Å². The fourth-order valence-electron chi connectivity index (χ4n) is 2.24. The van der Waals surface area contributed by atoms with Crippen molar-refractivity contribution in [1.82, 2.24) is 9.97 Å². The fraction of sp³-hybridized carbons (Fsp3) is 0.250. The molecule has 0 radical (unpaired) electrons. The molecule has 0 atom stereocenters. The number of nitrogens with zero attached hydrogens (tertiary/aromatic N) is 1. The number of fused-ring (bicyclic) bond motifs is 1. The Bertz CT molecular complexity index is 753. The first-order chi connectivity index (χ1) is 9.76. The number of aromatic nitrogens is 2. The Hall–Kier alpha value is -2.36. The van der Waals surface area contributed by atoms with Crippen LogP contribution in [-0.2, 0) is 19.3 Å². The van der Waals surface area contributed by atoms with Crippen LogP contribution in [0.15, 0.2) is 45.7 Å². The van der Waals surface area contributed by atoms with E-state index < -0.39 is 0 Å². The summed E-state index contributed by atoms with van der Waals surface area (Å²) in [4.78, 5) is 19.0. The Morgan fingerprint density at radius 2 is 2.10 bits per heavy atom. The zero-order valence-electron chi connectivity index (χ0n) is 11.3. The third-order valence-corrected chi connectivity index (χ3v) is 3.39. The van der Waals surface area contributed by atoms with E-state index in [0.29, 0.717) is 18.7 Å². The molecular formula is C16H16N2O2. The number of aryl methyl sites for hydroxylation is 3. The monoisotopic (exact) mass is 268 g/mol. The van der Waals surface area contributed by atoms with Gasteiger partial charge in [0, 0.05) is 18.2 Å². The summed E-state index contributed by atoms with van der Waals surface area (Å²) in [5.74, 6) is 0.674. The third kappa shape index (κ3) is 2.50. The molecule has 1 aromatic carbocycles. The van der Waals surface area contributed by atoms with Crippen LogP contribution in [0.1, 0.15) is 23.9 Å². The largest absolute Gasteiger partial charge is 0.441 e. The highest BCUT2D eigenvalue weighted by atomic mass is 16.3. The van der Waals surface area contributed by atoms with Crippen LogP contribution in [0.5, 0.6) is 0 Å². The molecule has 0 amide bonds. The Labute approximate surface area is 116 Å². The molecule has 4 heteroatoms. The maximum atomic E-state index is 11.8. The first-order valence-electron chi connectivity index (χ1n) is 6.81. The molecule has 0 spiro atoms. The average Bonchev–Trinajstić information content (AvgIpc) is 2.89. The number of rotatable bonds is 4. The molecule has 0 bridgehead atoms. The van der Waals surface area contributed by atoms with Gasteiger partial charge in [-0.3, -0.25) is 4.79 Å². The van der Waals surface area contributed by atoms with E-state index in [2.05, 4.69) is 16.9 Å². The molecule has 0 fully saturated rings. The number of nitrogens with one attached hydrogen (secondary N) is 1. The SMILES string of the molecule is CCc1c[nH]c(=O)c(CCc2nc3ccccc3o2)c1. The second-order valence-electron chi connectivity index (χ2n) is 4.79. The number of para-hydroxylation sites is 2. The van der Waals surface area contributed by atoms with E-state index in [1.807, 2.05) is 30.3 Å². The zero-order valence-corrected chi connectivity index (χ0v) is 11.3. The highest BCUT2D eigenvalue weighted by molar-refractivity contribution is 5.72. The molecule has 2 aromatic heterocycles. The molecule has 3 aromatic rings. The first-order valence-corrected chi connectivity index (χ1v) is 6.81. The fourth-order valence-corrected chi connectivity index (χ4v) is 2.24. The van der Waals surface area contributed by atoms with Crippen molar-refractivity contribution in [2.75, 3.05) is 0 Å². The maximum Gasteiger partial charge on any atom is 0.251 e. The van der Waals surface area contributed by atoms with Crippen LogP contribution < -0.4 is 5.56 Å². The molecule has 0 saturated carbocycles. The van der Waals surface area contributed by atoms with E-state index in [1.54, 1.807) is 6.20 Å². The Kier molecular flexibility index (Phi) is 3.37. The summed E-state index contributed by atoms with van der Waals surface area (Å²) in [6, 6.07) is 9.64. The van der Waals surface area contributed by atoms with Crippen LogP contribution >= 0.6 is 0 Å². The Morgan fingerprint density at radius 1 is 1.25 bits per heavy atom. The van der Waals surface area contributed by atoms with Gasteiger partial charge in [-0.25, -0.2) is 4.98 Å². The van der Waals surface area contributed by atoms with Gasteiger partial charge < -0.3 is 9.40 Å². The van der Waals surface area contributed by atoms with Gasteiger partial charge in [0.25, 0.3) is 5.56 Å². The van der Waals surface area contributed by atoms with Crippen molar-refractivity contribution < 1.29 is 4.42 Å². The van der Waals surface area contributed by atoms with Crippen LogP contribution in [0, 0.1) is 0 Å². The van der Waals surface area contributed by atoms with Crippen molar-refractivity contribution in [2.24, 2.45) is 0 Å². The topological polar surface area (TPSA) is 58.9 Å². The number of aromatic amines is 1. The van der Waals surface area contributed by atoms with Gasteiger partial charge in [0.2, 0.25) is 0 Å². The first kappa shape index (κ1) is 12.7. The van der Waals surface area contributed by atoms with E-state index in [4.69, 9.17) is 4.42 Å². The van der Waals surface area contributed by atoms with Crippen LogP contribution in [0.25, 0.3) is 11.1 Å². The quantitative estimate of drug-likeness (QED) is 0.791. The summed E-state index contributed by atoms with van der Waals surface area (Å²) in [5.41, 5.74) is 3.54.